The Bertz CT molecular complexity index is 1040. The molecule has 4 rings (SSSR count). The number of likely N-dealkylation sites (tertiary alicyclic amines) is 1. The van der Waals surface area contributed by atoms with E-state index in [0.717, 1.165) is 17.5 Å². The molecular formula is C24H27N5O3. The standard InChI is InChI=1S/C24H27N5O3/c1-17-7-5-13-25-22(17)26-23(31)19-10-6-14-28(16-19)24(32)20-11-12-21(30)29(27-20)15-18-8-3-2-4-9-18/h2-5,7-9,13,19H,6,10-12,14-16H2,1H3,(H,25,26,31). The van der Waals surface area contributed by atoms with Gasteiger partial charge >= 0.3 is 0 Å². The number of pyridine rings is 1. The molecule has 0 saturated carbocycles. The van der Waals surface area contributed by atoms with Crippen molar-refractivity contribution in [3.8, 4) is 0 Å². The van der Waals surface area contributed by atoms with Gasteiger partial charge in [0.2, 0.25) is 11.8 Å². The normalized spacial score (nSPS) is 18.8. The monoisotopic (exact) mass is 433 g/mol. The molecule has 0 radical (unpaired) electrons. The Morgan fingerprint density at radius 2 is 1.94 bits per heavy atom. The van der Waals surface area contributed by atoms with Crippen LogP contribution >= 0.6 is 0 Å². The number of nitrogens with one attached hydrogen (secondary N) is 1. The van der Waals surface area contributed by atoms with Gasteiger partial charge in [-0.25, -0.2) is 9.99 Å². The minimum absolute atomic E-state index is 0.0907. The van der Waals surface area contributed by atoms with Crippen LogP contribution in [0.3, 0.4) is 0 Å². The summed E-state index contributed by atoms with van der Waals surface area (Å²) in [6.07, 6.45) is 3.68. The Morgan fingerprint density at radius 1 is 1.12 bits per heavy atom. The van der Waals surface area contributed by atoms with E-state index in [4.69, 9.17) is 0 Å². The number of anilines is 1. The second-order valence-electron chi connectivity index (χ2n) is 8.23. The first kappa shape index (κ1) is 21.7. The van der Waals surface area contributed by atoms with Crippen LogP contribution in [-0.4, -0.2) is 51.4 Å². The molecule has 1 atom stereocenters. The van der Waals surface area contributed by atoms with Crippen LogP contribution in [0.1, 0.15) is 36.8 Å². The molecule has 0 spiro atoms. The molecule has 2 aromatic rings. The molecule has 1 N–H and O–H groups in total. The van der Waals surface area contributed by atoms with E-state index in [0.29, 0.717) is 44.0 Å². The van der Waals surface area contributed by atoms with Gasteiger partial charge in [0.05, 0.1) is 12.5 Å². The Hall–Kier alpha value is -3.55. The van der Waals surface area contributed by atoms with Crippen LogP contribution < -0.4 is 5.32 Å². The molecule has 1 fully saturated rings. The van der Waals surface area contributed by atoms with Crippen molar-refractivity contribution in [3.63, 3.8) is 0 Å². The van der Waals surface area contributed by atoms with Gasteiger partial charge in [0.25, 0.3) is 5.91 Å². The van der Waals surface area contributed by atoms with Crippen LogP contribution in [0.5, 0.6) is 0 Å². The number of amides is 3. The number of hydrogen-bond acceptors (Lipinski definition) is 5. The van der Waals surface area contributed by atoms with Crippen LogP contribution in [-0.2, 0) is 20.9 Å². The van der Waals surface area contributed by atoms with Crippen molar-refractivity contribution in [2.75, 3.05) is 18.4 Å². The molecule has 32 heavy (non-hydrogen) atoms. The Labute approximate surface area is 187 Å². The topological polar surface area (TPSA) is 95.0 Å². The first-order chi connectivity index (χ1) is 15.5. The van der Waals surface area contributed by atoms with Gasteiger partial charge in [-0.3, -0.25) is 14.4 Å². The van der Waals surface area contributed by atoms with E-state index in [2.05, 4.69) is 15.4 Å². The summed E-state index contributed by atoms with van der Waals surface area (Å²) in [5.41, 5.74) is 2.23. The molecule has 166 valence electrons. The Kier molecular flexibility index (Phi) is 6.58. The van der Waals surface area contributed by atoms with Crippen molar-refractivity contribution >= 4 is 29.3 Å². The van der Waals surface area contributed by atoms with Gasteiger partial charge < -0.3 is 10.2 Å². The first-order valence-corrected chi connectivity index (χ1v) is 10.9. The fourth-order valence-corrected chi connectivity index (χ4v) is 4.03. The van der Waals surface area contributed by atoms with Crippen LogP contribution in [0.15, 0.2) is 53.8 Å². The molecule has 3 amide bonds. The molecule has 8 nitrogen and oxygen atoms in total. The largest absolute Gasteiger partial charge is 0.337 e. The summed E-state index contributed by atoms with van der Waals surface area (Å²) >= 11 is 0. The Morgan fingerprint density at radius 3 is 2.72 bits per heavy atom. The number of hydrazone groups is 1. The number of benzene rings is 1. The number of aromatic nitrogens is 1. The molecular weight excluding hydrogens is 406 g/mol. The van der Waals surface area contributed by atoms with E-state index in [1.54, 1.807) is 11.1 Å². The second kappa shape index (κ2) is 9.72. The SMILES string of the molecule is Cc1cccnc1NC(=O)C1CCCN(C(=O)C2=NN(Cc3ccccc3)C(=O)CC2)C1. The zero-order chi connectivity index (χ0) is 22.5. The fourth-order valence-electron chi connectivity index (χ4n) is 4.03. The molecule has 1 aromatic carbocycles. The third-order valence-electron chi connectivity index (χ3n) is 5.86. The molecule has 1 aromatic heterocycles. The summed E-state index contributed by atoms with van der Waals surface area (Å²) in [5.74, 6) is -0.169. The van der Waals surface area contributed by atoms with Crippen LogP contribution in [0.4, 0.5) is 5.82 Å². The third-order valence-corrected chi connectivity index (χ3v) is 5.86. The molecule has 2 aliphatic heterocycles. The highest BCUT2D eigenvalue weighted by molar-refractivity contribution is 6.39. The van der Waals surface area contributed by atoms with Gasteiger partial charge in [0, 0.05) is 32.1 Å². The summed E-state index contributed by atoms with van der Waals surface area (Å²) in [6.45, 7) is 3.15. The van der Waals surface area contributed by atoms with Gasteiger partial charge in [-0.15, -0.1) is 0 Å². The zero-order valence-corrected chi connectivity index (χ0v) is 18.2. The van der Waals surface area contributed by atoms with Crippen LogP contribution in [0.2, 0.25) is 0 Å². The highest BCUT2D eigenvalue weighted by atomic mass is 16.2. The second-order valence-corrected chi connectivity index (χ2v) is 8.23. The van der Waals surface area contributed by atoms with E-state index in [1.165, 1.54) is 5.01 Å². The molecule has 3 heterocycles. The maximum absolute atomic E-state index is 13.2. The van der Waals surface area contributed by atoms with E-state index in [1.807, 2.05) is 49.4 Å². The minimum Gasteiger partial charge on any atom is -0.337 e. The quantitative estimate of drug-likeness (QED) is 0.784. The van der Waals surface area contributed by atoms with E-state index in [9.17, 15) is 14.4 Å². The van der Waals surface area contributed by atoms with Crippen LogP contribution in [0.25, 0.3) is 0 Å². The van der Waals surface area contributed by atoms with Crippen molar-refractivity contribution < 1.29 is 14.4 Å². The number of hydrogen-bond donors (Lipinski definition) is 1. The van der Waals surface area contributed by atoms with Gasteiger partial charge in [-0.05, 0) is 37.0 Å². The predicted molar refractivity (Wildman–Crippen MR) is 121 cm³/mol. The number of nitrogens with zero attached hydrogens (tertiary/aromatic N) is 4. The number of rotatable bonds is 5. The maximum atomic E-state index is 13.2. The number of carbonyl (C=O) groups is 3. The molecule has 1 saturated heterocycles. The number of piperidine rings is 1. The van der Waals surface area contributed by atoms with Gasteiger partial charge in [-0.1, -0.05) is 36.4 Å². The molecule has 2 aliphatic rings. The summed E-state index contributed by atoms with van der Waals surface area (Å²) < 4.78 is 0. The summed E-state index contributed by atoms with van der Waals surface area (Å²) in [6, 6.07) is 13.3. The van der Waals surface area contributed by atoms with Gasteiger partial charge in [0.15, 0.2) is 0 Å². The number of aryl methyl sites for hydroxylation is 1. The highest BCUT2D eigenvalue weighted by Crippen LogP contribution is 2.21. The van der Waals surface area contributed by atoms with Crippen LogP contribution in [0, 0.1) is 12.8 Å². The predicted octanol–water partition coefficient (Wildman–Crippen LogP) is 2.75. The minimum atomic E-state index is -0.305. The molecule has 8 heteroatoms. The lowest BCUT2D eigenvalue weighted by Gasteiger charge is -2.33. The van der Waals surface area contributed by atoms with E-state index in [-0.39, 0.29) is 30.1 Å². The molecule has 0 aliphatic carbocycles. The third kappa shape index (κ3) is 5.01. The van der Waals surface area contributed by atoms with Crippen molar-refractivity contribution in [2.45, 2.75) is 39.2 Å². The van der Waals surface area contributed by atoms with E-state index < -0.39 is 0 Å². The van der Waals surface area contributed by atoms with Crippen molar-refractivity contribution in [2.24, 2.45) is 11.0 Å². The molecule has 1 unspecified atom stereocenters. The van der Waals surface area contributed by atoms with Gasteiger partial charge in [0.1, 0.15) is 11.5 Å². The lowest BCUT2D eigenvalue weighted by atomic mass is 9.96. The average Bonchev–Trinajstić information content (AvgIpc) is 2.82. The summed E-state index contributed by atoms with van der Waals surface area (Å²) in [5, 5.41) is 8.65. The zero-order valence-electron chi connectivity index (χ0n) is 18.2. The lowest BCUT2D eigenvalue weighted by molar-refractivity contribution is -0.132. The van der Waals surface area contributed by atoms with E-state index >= 15 is 0 Å². The number of carbonyl (C=O) groups excluding carboxylic acids is 3. The fraction of sp³-hybridized carbons (Fsp3) is 0.375. The summed E-state index contributed by atoms with van der Waals surface area (Å²) in [4.78, 5) is 44.2. The van der Waals surface area contributed by atoms with Gasteiger partial charge in [-0.2, -0.15) is 5.10 Å². The summed E-state index contributed by atoms with van der Waals surface area (Å²) in [7, 11) is 0. The lowest BCUT2D eigenvalue weighted by Crippen LogP contribution is -2.47. The van der Waals surface area contributed by atoms with Crippen molar-refractivity contribution in [3.05, 3.63) is 59.8 Å². The average molecular weight is 434 g/mol. The maximum Gasteiger partial charge on any atom is 0.270 e. The smallest absolute Gasteiger partial charge is 0.270 e. The first-order valence-electron chi connectivity index (χ1n) is 10.9. The van der Waals surface area contributed by atoms with Crippen molar-refractivity contribution in [1.82, 2.24) is 14.9 Å². The Balaban J connectivity index is 1.42. The highest BCUT2D eigenvalue weighted by Gasteiger charge is 2.33. The molecule has 0 bridgehead atoms. The van der Waals surface area contributed by atoms with Crippen molar-refractivity contribution in [1.29, 1.82) is 0 Å².